The number of thiazole rings is 1. The summed E-state index contributed by atoms with van der Waals surface area (Å²) in [6, 6.07) is 18.2. The molecule has 0 fully saturated rings. The molecule has 2 aromatic carbocycles. The number of para-hydroxylation sites is 1. The van der Waals surface area contributed by atoms with Crippen molar-refractivity contribution in [2.75, 3.05) is 0 Å². The molecule has 0 bridgehead atoms. The van der Waals surface area contributed by atoms with E-state index in [0.29, 0.717) is 4.80 Å². The van der Waals surface area contributed by atoms with Crippen molar-refractivity contribution in [1.82, 2.24) is 9.13 Å². The second-order valence-electron chi connectivity index (χ2n) is 6.55. The van der Waals surface area contributed by atoms with Crippen LogP contribution in [-0.2, 0) is 13.1 Å². The van der Waals surface area contributed by atoms with Crippen molar-refractivity contribution in [2.45, 2.75) is 26.9 Å². The average molecular weight is 412 g/mol. The second kappa shape index (κ2) is 8.17. The van der Waals surface area contributed by atoms with Gasteiger partial charge in [0.25, 0.3) is 0 Å². The van der Waals surface area contributed by atoms with Crippen molar-refractivity contribution < 1.29 is 4.79 Å². The van der Waals surface area contributed by atoms with Crippen LogP contribution in [0.1, 0.15) is 22.2 Å². The van der Waals surface area contributed by atoms with Gasteiger partial charge < -0.3 is 9.13 Å². The van der Waals surface area contributed by atoms with Crippen molar-refractivity contribution in [1.29, 1.82) is 5.41 Å². The Morgan fingerprint density at radius 3 is 2.39 bits per heavy atom. The zero-order valence-corrected chi connectivity index (χ0v) is 17.4. The van der Waals surface area contributed by atoms with Crippen LogP contribution in [0.5, 0.6) is 0 Å². The van der Waals surface area contributed by atoms with Gasteiger partial charge in [0.15, 0.2) is 10.6 Å². The molecule has 4 nitrogen and oxygen atoms in total. The number of halogens is 1. The summed E-state index contributed by atoms with van der Waals surface area (Å²) in [5, 5.41) is 9.07. The highest BCUT2D eigenvalue weighted by Gasteiger charge is 2.23. The lowest BCUT2D eigenvalue weighted by Gasteiger charge is -2.10. The van der Waals surface area contributed by atoms with Crippen molar-refractivity contribution in [3.8, 4) is 11.3 Å². The summed E-state index contributed by atoms with van der Waals surface area (Å²) in [5.74, 6) is 0.0357. The molecule has 144 valence electrons. The van der Waals surface area contributed by atoms with Gasteiger partial charge in [-0.2, -0.15) is 0 Å². The molecule has 0 saturated heterocycles. The summed E-state index contributed by atoms with van der Waals surface area (Å²) in [4.78, 5) is 14.8. The lowest BCUT2D eigenvalue weighted by atomic mass is 10.0. The van der Waals surface area contributed by atoms with Gasteiger partial charge >= 0.3 is 0 Å². The number of aromatic nitrogens is 2. The summed E-state index contributed by atoms with van der Waals surface area (Å²) in [6.45, 7) is 5.03. The lowest BCUT2D eigenvalue weighted by Crippen LogP contribution is -2.19. The van der Waals surface area contributed by atoms with Gasteiger partial charge in [0, 0.05) is 28.5 Å². The molecular formula is C22H22ClN3OS. The number of rotatable bonds is 5. The summed E-state index contributed by atoms with van der Waals surface area (Å²) in [7, 11) is 0. The van der Waals surface area contributed by atoms with Crippen LogP contribution in [0.15, 0.2) is 60.8 Å². The number of fused-ring (bicyclic) bond motifs is 1. The van der Waals surface area contributed by atoms with Gasteiger partial charge in [-0.25, -0.2) is 0 Å². The van der Waals surface area contributed by atoms with E-state index in [2.05, 4.69) is 29.7 Å². The molecule has 2 aromatic heterocycles. The van der Waals surface area contributed by atoms with Crippen LogP contribution in [0.3, 0.4) is 0 Å². The number of aryl methyl sites for hydroxylation is 2. The highest BCUT2D eigenvalue weighted by Crippen LogP contribution is 2.34. The first-order chi connectivity index (χ1) is 13.1. The van der Waals surface area contributed by atoms with Gasteiger partial charge in [-0.3, -0.25) is 10.2 Å². The number of carbonyl (C=O) groups excluding carboxylic acids is 1. The minimum Gasteiger partial charge on any atom is -0.340 e. The zero-order valence-electron chi connectivity index (χ0n) is 15.8. The molecular weight excluding hydrogens is 390 g/mol. The Kier molecular flexibility index (Phi) is 5.87. The Hall–Kier alpha value is -2.63. The van der Waals surface area contributed by atoms with Crippen LogP contribution in [-0.4, -0.2) is 14.9 Å². The first-order valence-corrected chi connectivity index (χ1v) is 9.83. The van der Waals surface area contributed by atoms with Gasteiger partial charge in [0.05, 0.1) is 17.8 Å². The number of nitrogens with zero attached hydrogens (tertiary/aromatic N) is 2. The minimum absolute atomic E-state index is 0. The smallest absolute Gasteiger partial charge is 0.185 e. The number of ketones is 1. The van der Waals surface area contributed by atoms with Crippen LogP contribution < -0.4 is 4.80 Å². The molecule has 0 radical (unpaired) electrons. The summed E-state index contributed by atoms with van der Waals surface area (Å²) in [5.41, 5.74) is 3.81. The summed E-state index contributed by atoms with van der Waals surface area (Å²) < 4.78 is 3.94. The molecule has 1 N–H and O–H groups in total. The third-order valence-electron chi connectivity index (χ3n) is 4.78. The fraction of sp³-hybridized carbons (Fsp3) is 0.182. The molecule has 28 heavy (non-hydrogen) atoms. The van der Waals surface area contributed by atoms with Crippen molar-refractivity contribution in [3.63, 3.8) is 0 Å². The molecule has 0 aliphatic heterocycles. The van der Waals surface area contributed by atoms with E-state index in [-0.39, 0.29) is 24.7 Å². The van der Waals surface area contributed by atoms with Gasteiger partial charge in [-0.15, -0.1) is 23.7 Å². The molecule has 0 aliphatic rings. The highest BCUT2D eigenvalue weighted by atomic mass is 35.5. The largest absolute Gasteiger partial charge is 0.340 e. The Morgan fingerprint density at radius 1 is 1.07 bits per heavy atom. The topological polar surface area (TPSA) is 50.8 Å². The van der Waals surface area contributed by atoms with Crippen LogP contribution in [0.2, 0.25) is 0 Å². The standard InChI is InChI=1S/C22H21N3OS.ClH/c1-3-25-18-12-8-7-11-17(18)20(21(25)16-9-5-4-6-10-16)19(26)14-24-13-15(2)27-22(24)23;/h4-13,23H,3,14H2,1-2H3;1H. The quantitative estimate of drug-likeness (QED) is 0.446. The Labute approximate surface area is 174 Å². The zero-order chi connectivity index (χ0) is 19.0. The third kappa shape index (κ3) is 3.43. The first-order valence-electron chi connectivity index (χ1n) is 9.01. The van der Waals surface area contributed by atoms with E-state index in [9.17, 15) is 4.79 Å². The van der Waals surface area contributed by atoms with E-state index in [1.165, 1.54) is 11.3 Å². The van der Waals surface area contributed by atoms with Gasteiger partial charge in [0.2, 0.25) is 0 Å². The van der Waals surface area contributed by atoms with E-state index >= 15 is 0 Å². The molecule has 0 spiro atoms. The fourth-order valence-corrected chi connectivity index (χ4v) is 4.40. The SMILES string of the molecule is CCn1c(-c2ccccc2)c(C(=O)Cn2cc(C)sc2=N)c2ccccc21.Cl. The number of Topliss-reactive ketones (excluding diaryl/α,β-unsaturated/α-hetero) is 1. The Bertz CT molecular complexity index is 1190. The van der Waals surface area contributed by atoms with Crippen LogP contribution in [0.25, 0.3) is 22.2 Å². The fourth-order valence-electron chi connectivity index (χ4n) is 3.68. The van der Waals surface area contributed by atoms with Crippen molar-refractivity contribution >= 4 is 40.4 Å². The molecule has 0 aliphatic carbocycles. The van der Waals surface area contributed by atoms with Crippen LogP contribution in [0.4, 0.5) is 0 Å². The maximum absolute atomic E-state index is 13.4. The molecule has 0 atom stereocenters. The van der Waals surface area contributed by atoms with Crippen molar-refractivity contribution in [3.05, 3.63) is 76.0 Å². The lowest BCUT2D eigenvalue weighted by molar-refractivity contribution is 0.0973. The molecule has 6 heteroatoms. The Morgan fingerprint density at radius 2 is 1.75 bits per heavy atom. The maximum Gasteiger partial charge on any atom is 0.185 e. The Balaban J connectivity index is 0.00000225. The maximum atomic E-state index is 13.4. The van der Waals surface area contributed by atoms with Crippen LogP contribution in [0, 0.1) is 12.3 Å². The summed E-state index contributed by atoms with van der Waals surface area (Å²) in [6.07, 6.45) is 1.88. The van der Waals surface area contributed by atoms with Crippen molar-refractivity contribution in [2.24, 2.45) is 0 Å². The van der Waals surface area contributed by atoms with Crippen LogP contribution >= 0.6 is 23.7 Å². The van der Waals surface area contributed by atoms with E-state index in [1.54, 1.807) is 4.57 Å². The molecule has 0 saturated carbocycles. The van der Waals surface area contributed by atoms with E-state index in [0.717, 1.165) is 39.1 Å². The third-order valence-corrected chi connectivity index (χ3v) is 5.64. The average Bonchev–Trinajstić information content (AvgIpc) is 3.18. The molecule has 4 aromatic rings. The van der Waals surface area contributed by atoms with E-state index in [4.69, 9.17) is 5.41 Å². The van der Waals surface area contributed by atoms with E-state index in [1.807, 2.05) is 49.5 Å². The van der Waals surface area contributed by atoms with Gasteiger partial charge in [0.1, 0.15) is 0 Å². The predicted octanol–water partition coefficient (Wildman–Crippen LogP) is 5.28. The molecule has 0 unspecified atom stereocenters. The highest BCUT2D eigenvalue weighted by molar-refractivity contribution is 7.09. The van der Waals surface area contributed by atoms with E-state index < -0.39 is 0 Å². The van der Waals surface area contributed by atoms with Gasteiger partial charge in [-0.1, -0.05) is 48.5 Å². The van der Waals surface area contributed by atoms with Gasteiger partial charge in [-0.05, 0) is 25.5 Å². The first kappa shape index (κ1) is 20.1. The number of benzene rings is 2. The molecule has 2 heterocycles. The predicted molar refractivity (Wildman–Crippen MR) is 118 cm³/mol. The summed E-state index contributed by atoms with van der Waals surface area (Å²) >= 11 is 1.39. The number of hydrogen-bond donors (Lipinski definition) is 1. The molecule has 4 rings (SSSR count). The number of nitrogens with one attached hydrogen (secondary N) is 1. The molecule has 0 amide bonds. The minimum atomic E-state index is 0. The normalized spacial score (nSPS) is 10.8. The monoisotopic (exact) mass is 411 g/mol. The number of hydrogen-bond acceptors (Lipinski definition) is 3. The second-order valence-corrected chi connectivity index (χ2v) is 7.78. The number of carbonyl (C=O) groups is 1.